The van der Waals surface area contributed by atoms with E-state index in [2.05, 4.69) is 0 Å². The number of hydrogen-bond acceptors (Lipinski definition) is 4. The standard InChI is InChI=1S/C11H17NO3S/c1-3-9(12)8-16(13,14)11-7-5-4-6-10(11)15-2/h4-7,9H,3,8,12H2,1-2H3. The van der Waals surface area contributed by atoms with Crippen LogP contribution in [0.4, 0.5) is 0 Å². The van der Waals surface area contributed by atoms with Gasteiger partial charge >= 0.3 is 0 Å². The lowest BCUT2D eigenvalue weighted by Gasteiger charge is -2.12. The van der Waals surface area contributed by atoms with Crippen molar-refractivity contribution in [2.75, 3.05) is 12.9 Å². The molecule has 0 bridgehead atoms. The molecule has 90 valence electrons. The van der Waals surface area contributed by atoms with Crippen molar-refractivity contribution in [1.29, 1.82) is 0 Å². The Labute approximate surface area is 96.3 Å². The second-order valence-electron chi connectivity index (χ2n) is 3.60. The molecular formula is C11H17NO3S. The predicted octanol–water partition coefficient (Wildman–Crippen LogP) is 1.21. The van der Waals surface area contributed by atoms with Crippen molar-refractivity contribution in [3.8, 4) is 5.75 Å². The number of hydrogen-bond donors (Lipinski definition) is 1. The summed E-state index contributed by atoms with van der Waals surface area (Å²) in [4.78, 5) is 0.210. The Kier molecular flexibility index (Phi) is 4.32. The summed E-state index contributed by atoms with van der Waals surface area (Å²) in [6.45, 7) is 1.86. The highest BCUT2D eigenvalue weighted by atomic mass is 32.2. The molecule has 0 saturated heterocycles. The summed E-state index contributed by atoms with van der Waals surface area (Å²) in [6, 6.07) is 6.24. The normalized spacial score (nSPS) is 13.4. The van der Waals surface area contributed by atoms with Gasteiger partial charge in [0.05, 0.1) is 12.9 Å². The van der Waals surface area contributed by atoms with Crippen molar-refractivity contribution in [3.63, 3.8) is 0 Å². The van der Waals surface area contributed by atoms with Crippen LogP contribution >= 0.6 is 0 Å². The number of methoxy groups -OCH3 is 1. The molecule has 0 aromatic heterocycles. The minimum absolute atomic E-state index is 0.0517. The van der Waals surface area contributed by atoms with Gasteiger partial charge in [0, 0.05) is 6.04 Å². The molecule has 2 N–H and O–H groups in total. The second kappa shape index (κ2) is 5.32. The van der Waals surface area contributed by atoms with Gasteiger partial charge in [0.25, 0.3) is 0 Å². The SMILES string of the molecule is CCC(N)CS(=O)(=O)c1ccccc1OC. The van der Waals surface area contributed by atoms with Crippen LogP contribution < -0.4 is 10.5 Å². The fourth-order valence-electron chi connectivity index (χ4n) is 1.37. The van der Waals surface area contributed by atoms with Crippen LogP contribution in [0.1, 0.15) is 13.3 Å². The molecule has 1 atom stereocenters. The summed E-state index contributed by atoms with van der Waals surface area (Å²) in [5.41, 5.74) is 5.67. The van der Waals surface area contributed by atoms with Crippen molar-refractivity contribution >= 4 is 9.84 Å². The van der Waals surface area contributed by atoms with E-state index in [-0.39, 0.29) is 16.7 Å². The van der Waals surface area contributed by atoms with Gasteiger partial charge in [-0.15, -0.1) is 0 Å². The highest BCUT2D eigenvalue weighted by Crippen LogP contribution is 2.24. The van der Waals surface area contributed by atoms with E-state index in [1.807, 2.05) is 6.92 Å². The number of rotatable bonds is 5. The van der Waals surface area contributed by atoms with Crippen molar-refractivity contribution in [1.82, 2.24) is 0 Å². The highest BCUT2D eigenvalue weighted by molar-refractivity contribution is 7.91. The minimum atomic E-state index is -3.36. The van der Waals surface area contributed by atoms with Gasteiger partial charge in [-0.05, 0) is 18.6 Å². The third kappa shape index (κ3) is 2.96. The molecule has 1 aromatic carbocycles. The third-order valence-electron chi connectivity index (χ3n) is 2.36. The van der Waals surface area contributed by atoms with Crippen LogP contribution in [-0.4, -0.2) is 27.3 Å². The fraction of sp³-hybridized carbons (Fsp3) is 0.455. The summed E-state index contributed by atoms with van der Waals surface area (Å²) < 4.78 is 29.1. The van der Waals surface area contributed by atoms with Crippen molar-refractivity contribution in [3.05, 3.63) is 24.3 Å². The van der Waals surface area contributed by atoms with E-state index < -0.39 is 9.84 Å². The summed E-state index contributed by atoms with van der Waals surface area (Å²) in [5.74, 6) is 0.315. The summed E-state index contributed by atoms with van der Waals surface area (Å²) in [5, 5.41) is 0. The van der Waals surface area contributed by atoms with Crippen LogP contribution in [0.3, 0.4) is 0 Å². The van der Waals surface area contributed by atoms with Crippen molar-refractivity contribution in [2.45, 2.75) is 24.3 Å². The van der Waals surface area contributed by atoms with Crippen LogP contribution in [0.5, 0.6) is 5.75 Å². The first kappa shape index (κ1) is 13.0. The van der Waals surface area contributed by atoms with Crippen LogP contribution in [0.15, 0.2) is 29.2 Å². The van der Waals surface area contributed by atoms with Crippen molar-refractivity contribution in [2.24, 2.45) is 5.73 Å². The zero-order valence-electron chi connectivity index (χ0n) is 9.51. The number of benzene rings is 1. The Hall–Kier alpha value is -1.07. The third-order valence-corrected chi connectivity index (χ3v) is 4.24. The average molecular weight is 243 g/mol. The van der Waals surface area contributed by atoms with E-state index in [0.717, 1.165) is 0 Å². The van der Waals surface area contributed by atoms with Gasteiger partial charge in [-0.2, -0.15) is 0 Å². The van der Waals surface area contributed by atoms with E-state index >= 15 is 0 Å². The second-order valence-corrected chi connectivity index (χ2v) is 5.60. The zero-order chi connectivity index (χ0) is 12.2. The molecular weight excluding hydrogens is 226 g/mol. The molecule has 0 aliphatic heterocycles. The molecule has 5 heteroatoms. The zero-order valence-corrected chi connectivity index (χ0v) is 10.3. The fourth-order valence-corrected chi connectivity index (χ4v) is 3.09. The van der Waals surface area contributed by atoms with E-state index in [1.165, 1.54) is 13.2 Å². The molecule has 0 spiro atoms. The van der Waals surface area contributed by atoms with E-state index in [4.69, 9.17) is 10.5 Å². The predicted molar refractivity (Wildman–Crippen MR) is 63.3 cm³/mol. The Balaban J connectivity index is 3.07. The first-order valence-electron chi connectivity index (χ1n) is 5.12. The van der Waals surface area contributed by atoms with E-state index in [9.17, 15) is 8.42 Å². The highest BCUT2D eigenvalue weighted by Gasteiger charge is 2.21. The summed E-state index contributed by atoms with van der Waals surface area (Å²) in [6.07, 6.45) is 0.633. The van der Waals surface area contributed by atoms with E-state index in [0.29, 0.717) is 12.2 Å². The maximum atomic E-state index is 12.0. The molecule has 0 amide bonds. The lowest BCUT2D eigenvalue weighted by Crippen LogP contribution is -2.28. The molecule has 1 rings (SSSR count). The Bertz CT molecular complexity index is 442. The number of sulfone groups is 1. The average Bonchev–Trinajstić information content (AvgIpc) is 2.28. The molecule has 1 unspecified atom stereocenters. The summed E-state index contributed by atoms with van der Waals surface area (Å²) in [7, 11) is -1.91. The smallest absolute Gasteiger partial charge is 0.183 e. The number of para-hydroxylation sites is 1. The van der Waals surface area contributed by atoms with Gasteiger partial charge in [0.2, 0.25) is 0 Å². The molecule has 0 fully saturated rings. The van der Waals surface area contributed by atoms with E-state index in [1.54, 1.807) is 18.2 Å². The van der Waals surface area contributed by atoms with Gasteiger partial charge in [-0.3, -0.25) is 0 Å². The Morgan fingerprint density at radius 3 is 2.56 bits per heavy atom. The van der Waals surface area contributed by atoms with Gasteiger partial charge in [-0.1, -0.05) is 19.1 Å². The number of ether oxygens (including phenoxy) is 1. The Morgan fingerprint density at radius 2 is 2.00 bits per heavy atom. The summed E-state index contributed by atoms with van der Waals surface area (Å²) >= 11 is 0. The van der Waals surface area contributed by atoms with Crippen LogP contribution in [0.25, 0.3) is 0 Å². The first-order valence-corrected chi connectivity index (χ1v) is 6.78. The van der Waals surface area contributed by atoms with Gasteiger partial charge in [-0.25, -0.2) is 8.42 Å². The van der Waals surface area contributed by atoms with Crippen LogP contribution in [0, 0.1) is 0 Å². The number of nitrogens with two attached hydrogens (primary N) is 1. The molecule has 0 aliphatic rings. The minimum Gasteiger partial charge on any atom is -0.495 e. The van der Waals surface area contributed by atoms with Gasteiger partial charge in [0.1, 0.15) is 10.6 Å². The molecule has 0 aliphatic carbocycles. The van der Waals surface area contributed by atoms with Crippen LogP contribution in [0.2, 0.25) is 0 Å². The molecule has 0 radical (unpaired) electrons. The topological polar surface area (TPSA) is 69.4 Å². The molecule has 16 heavy (non-hydrogen) atoms. The largest absolute Gasteiger partial charge is 0.495 e. The van der Waals surface area contributed by atoms with Crippen LogP contribution in [-0.2, 0) is 9.84 Å². The quantitative estimate of drug-likeness (QED) is 0.843. The molecule has 1 aromatic rings. The lowest BCUT2D eigenvalue weighted by molar-refractivity contribution is 0.402. The maximum absolute atomic E-state index is 12.0. The molecule has 4 nitrogen and oxygen atoms in total. The van der Waals surface area contributed by atoms with Crippen molar-refractivity contribution < 1.29 is 13.2 Å². The first-order chi connectivity index (χ1) is 7.51. The lowest BCUT2D eigenvalue weighted by atomic mass is 10.3. The maximum Gasteiger partial charge on any atom is 0.183 e. The Morgan fingerprint density at radius 1 is 1.38 bits per heavy atom. The monoisotopic (exact) mass is 243 g/mol. The van der Waals surface area contributed by atoms with Gasteiger partial charge < -0.3 is 10.5 Å². The molecule has 0 saturated carbocycles. The molecule has 0 heterocycles. The van der Waals surface area contributed by atoms with Gasteiger partial charge in [0.15, 0.2) is 9.84 Å².